The molecule has 2 N–H and O–H groups in total. The fourth-order valence-corrected chi connectivity index (χ4v) is 4.64. The molecule has 0 saturated carbocycles. The third-order valence-electron chi connectivity index (χ3n) is 5.25. The third kappa shape index (κ3) is 5.43. The Bertz CT molecular complexity index is 1120. The van der Waals surface area contributed by atoms with Gasteiger partial charge in [-0.3, -0.25) is 9.59 Å². The highest BCUT2D eigenvalue weighted by Crippen LogP contribution is 2.33. The van der Waals surface area contributed by atoms with Gasteiger partial charge in [-0.2, -0.15) is 0 Å². The summed E-state index contributed by atoms with van der Waals surface area (Å²) in [5, 5.41) is 7.58. The minimum absolute atomic E-state index is 0.137. The van der Waals surface area contributed by atoms with E-state index >= 15 is 0 Å². The maximum absolute atomic E-state index is 12.3. The Labute approximate surface area is 192 Å². The van der Waals surface area contributed by atoms with E-state index < -0.39 is 0 Å². The number of hydrogen-bond donors (Lipinski definition) is 2. The Balaban J connectivity index is 1.67. The number of carbonyl (C=O) groups is 2. The fourth-order valence-electron chi connectivity index (χ4n) is 3.40. The molecule has 0 saturated heterocycles. The van der Waals surface area contributed by atoms with Crippen LogP contribution in [-0.2, 0) is 17.2 Å². The summed E-state index contributed by atoms with van der Waals surface area (Å²) in [5.41, 5.74) is 7.24. The highest BCUT2D eigenvalue weighted by Gasteiger charge is 2.13. The van der Waals surface area contributed by atoms with Crippen LogP contribution in [0.15, 0.2) is 53.9 Å². The molecule has 2 aromatic carbocycles. The molecule has 4 nitrogen and oxygen atoms in total. The average molecular weight is 453 g/mol. The van der Waals surface area contributed by atoms with Crippen LogP contribution in [0.4, 0.5) is 0 Å². The maximum atomic E-state index is 12.3. The normalized spacial score (nSPS) is 11.0. The first-order valence-corrected chi connectivity index (χ1v) is 11.4. The van der Waals surface area contributed by atoms with Crippen molar-refractivity contribution in [3.05, 3.63) is 86.6 Å². The quantitative estimate of drug-likeness (QED) is 0.369. The first-order chi connectivity index (χ1) is 14.9. The van der Waals surface area contributed by atoms with Crippen LogP contribution in [0.5, 0.6) is 0 Å². The lowest BCUT2D eigenvalue weighted by atomic mass is 9.94. The first kappa shape index (κ1) is 22.8. The lowest BCUT2D eigenvalue weighted by molar-refractivity contribution is -0.116. The van der Waals surface area contributed by atoms with E-state index in [9.17, 15) is 9.59 Å². The van der Waals surface area contributed by atoms with Gasteiger partial charge in [-0.25, -0.2) is 0 Å². The largest absolute Gasteiger partial charge is 0.355 e. The Morgan fingerprint density at radius 3 is 2.45 bits per heavy atom. The van der Waals surface area contributed by atoms with Crippen LogP contribution in [0.2, 0.25) is 0 Å². The zero-order chi connectivity index (χ0) is 22.4. The fraction of sp³-hybridized carbons (Fsp3) is 0.200. The highest BCUT2D eigenvalue weighted by atomic mass is 35.5. The van der Waals surface area contributed by atoms with Crippen molar-refractivity contribution in [2.45, 2.75) is 26.3 Å². The summed E-state index contributed by atoms with van der Waals surface area (Å²) < 4.78 is 0. The molecule has 0 spiro atoms. The second-order valence-corrected chi connectivity index (χ2v) is 8.44. The number of nitrogens with one attached hydrogen (secondary N) is 2. The Hall–Kier alpha value is -2.89. The van der Waals surface area contributed by atoms with E-state index in [1.54, 1.807) is 48.7 Å². The van der Waals surface area contributed by atoms with Crippen LogP contribution < -0.4 is 10.6 Å². The van der Waals surface area contributed by atoms with Crippen LogP contribution in [0.1, 0.15) is 37.5 Å². The molecular weight excluding hydrogens is 428 g/mol. The van der Waals surface area contributed by atoms with Gasteiger partial charge in [0.1, 0.15) is 0 Å². The van der Waals surface area contributed by atoms with Crippen LogP contribution >= 0.6 is 22.9 Å². The van der Waals surface area contributed by atoms with E-state index in [-0.39, 0.29) is 11.8 Å². The lowest BCUT2D eigenvalue weighted by Gasteiger charge is -2.13. The number of rotatable bonds is 7. The minimum Gasteiger partial charge on any atom is -0.355 e. The van der Waals surface area contributed by atoms with Gasteiger partial charge >= 0.3 is 0 Å². The van der Waals surface area contributed by atoms with Crippen molar-refractivity contribution in [2.24, 2.45) is 0 Å². The van der Waals surface area contributed by atoms with E-state index in [0.717, 1.165) is 27.1 Å². The zero-order valence-corrected chi connectivity index (χ0v) is 19.4. The standard InChI is InChI=1S/C25H25ClN2O2S/c1-16-4-10-20(17(2)22(16)14-26)21-12-13-31-23(21)15-28-24(29)11-7-18-5-8-19(9-6-18)25(30)27-3/h4-13H,14-15H2,1-3H3,(H,27,30)(H,28,29)/b11-7+. The molecule has 2 amide bonds. The predicted molar refractivity (Wildman–Crippen MR) is 129 cm³/mol. The number of alkyl halides is 1. The third-order valence-corrected chi connectivity index (χ3v) is 6.44. The molecule has 3 rings (SSSR count). The van der Waals surface area contributed by atoms with E-state index in [4.69, 9.17) is 11.6 Å². The molecule has 0 fully saturated rings. The van der Waals surface area contributed by atoms with Crippen molar-refractivity contribution in [3.63, 3.8) is 0 Å². The van der Waals surface area contributed by atoms with Gasteiger partial charge in [-0.05, 0) is 76.9 Å². The maximum Gasteiger partial charge on any atom is 0.251 e. The van der Waals surface area contributed by atoms with Gasteiger partial charge in [0.15, 0.2) is 0 Å². The lowest BCUT2D eigenvalue weighted by Crippen LogP contribution is -2.20. The predicted octanol–water partition coefficient (Wildman–Crippen LogP) is 5.46. The molecule has 0 aliphatic rings. The van der Waals surface area contributed by atoms with E-state index in [2.05, 4.69) is 42.7 Å². The number of halogens is 1. The summed E-state index contributed by atoms with van der Waals surface area (Å²) in [5.74, 6) is 0.176. The van der Waals surface area contributed by atoms with Crippen molar-refractivity contribution < 1.29 is 9.59 Å². The first-order valence-electron chi connectivity index (χ1n) is 9.94. The summed E-state index contributed by atoms with van der Waals surface area (Å²) >= 11 is 7.77. The molecule has 160 valence electrons. The molecule has 0 bridgehead atoms. The smallest absolute Gasteiger partial charge is 0.251 e. The number of hydrogen-bond acceptors (Lipinski definition) is 3. The number of benzene rings is 2. The van der Waals surface area contributed by atoms with E-state index in [1.807, 2.05) is 5.38 Å². The Morgan fingerprint density at radius 1 is 1.03 bits per heavy atom. The van der Waals surface area contributed by atoms with Gasteiger partial charge in [0.05, 0.1) is 6.54 Å². The van der Waals surface area contributed by atoms with Gasteiger partial charge in [-0.1, -0.05) is 24.3 Å². The summed E-state index contributed by atoms with van der Waals surface area (Å²) in [4.78, 5) is 25.0. The van der Waals surface area contributed by atoms with Crippen molar-refractivity contribution in [1.82, 2.24) is 10.6 Å². The van der Waals surface area contributed by atoms with Gasteiger partial charge in [0.25, 0.3) is 5.91 Å². The van der Waals surface area contributed by atoms with Crippen molar-refractivity contribution in [3.8, 4) is 11.1 Å². The second kappa shape index (κ2) is 10.4. The Kier molecular flexibility index (Phi) is 7.66. The van der Waals surface area contributed by atoms with Crippen LogP contribution in [0.3, 0.4) is 0 Å². The SMILES string of the molecule is CNC(=O)c1ccc(/C=C/C(=O)NCc2sccc2-c2ccc(C)c(CCl)c2C)cc1. The molecule has 0 atom stereocenters. The molecule has 0 aliphatic heterocycles. The van der Waals surface area contributed by atoms with Crippen LogP contribution in [0, 0.1) is 13.8 Å². The molecule has 0 radical (unpaired) electrons. The van der Waals surface area contributed by atoms with E-state index in [0.29, 0.717) is 18.0 Å². The van der Waals surface area contributed by atoms with E-state index in [1.165, 1.54) is 17.2 Å². The van der Waals surface area contributed by atoms with Crippen molar-refractivity contribution in [2.75, 3.05) is 7.05 Å². The minimum atomic E-state index is -0.170. The zero-order valence-electron chi connectivity index (χ0n) is 17.8. The molecule has 0 unspecified atom stereocenters. The molecular formula is C25H25ClN2O2S. The molecule has 31 heavy (non-hydrogen) atoms. The number of amides is 2. The number of aryl methyl sites for hydroxylation is 1. The number of thiophene rings is 1. The van der Waals surface area contributed by atoms with Crippen LogP contribution in [-0.4, -0.2) is 18.9 Å². The second-order valence-electron chi connectivity index (χ2n) is 7.18. The highest BCUT2D eigenvalue weighted by molar-refractivity contribution is 7.10. The van der Waals surface area contributed by atoms with Crippen LogP contribution in [0.25, 0.3) is 17.2 Å². The topological polar surface area (TPSA) is 58.2 Å². The molecule has 1 aromatic heterocycles. The van der Waals surface area contributed by atoms with Crippen molar-refractivity contribution >= 4 is 40.8 Å². The molecule has 6 heteroatoms. The average Bonchev–Trinajstić information content (AvgIpc) is 3.24. The molecule has 0 aliphatic carbocycles. The summed E-state index contributed by atoms with van der Waals surface area (Å²) in [6.07, 6.45) is 3.24. The van der Waals surface area contributed by atoms with Gasteiger partial charge in [-0.15, -0.1) is 22.9 Å². The molecule has 1 heterocycles. The van der Waals surface area contributed by atoms with Crippen molar-refractivity contribution in [1.29, 1.82) is 0 Å². The Morgan fingerprint density at radius 2 is 1.77 bits per heavy atom. The summed E-state index contributed by atoms with van der Waals surface area (Å²) in [6, 6.07) is 13.4. The van der Waals surface area contributed by atoms with Gasteiger partial charge in [0.2, 0.25) is 5.91 Å². The summed E-state index contributed by atoms with van der Waals surface area (Å²) in [7, 11) is 1.59. The van der Waals surface area contributed by atoms with Gasteiger partial charge < -0.3 is 10.6 Å². The molecule has 3 aromatic rings. The number of carbonyl (C=O) groups excluding carboxylic acids is 2. The summed E-state index contributed by atoms with van der Waals surface area (Å²) in [6.45, 7) is 4.62. The van der Waals surface area contributed by atoms with Gasteiger partial charge in [0, 0.05) is 29.4 Å². The monoisotopic (exact) mass is 452 g/mol.